The highest BCUT2D eigenvalue weighted by molar-refractivity contribution is 8.00. The summed E-state index contributed by atoms with van der Waals surface area (Å²) in [6.45, 7) is 1.47. The molecule has 0 fully saturated rings. The molecule has 11 heteroatoms. The van der Waals surface area contributed by atoms with Crippen molar-refractivity contribution in [2.24, 2.45) is 0 Å². The monoisotopic (exact) mass is 411 g/mol. The van der Waals surface area contributed by atoms with Gasteiger partial charge < -0.3 is 11.2 Å². The molecule has 0 saturated heterocycles. The van der Waals surface area contributed by atoms with Crippen molar-refractivity contribution in [3.8, 4) is 11.4 Å². The van der Waals surface area contributed by atoms with Crippen LogP contribution in [0.4, 0.5) is 23.2 Å². The van der Waals surface area contributed by atoms with E-state index in [9.17, 15) is 22.4 Å². The highest BCUT2D eigenvalue weighted by Crippen LogP contribution is 2.27. The Kier molecular flexibility index (Phi) is 5.54. The zero-order chi connectivity index (χ0) is 20.4. The van der Waals surface area contributed by atoms with Crippen LogP contribution in [-0.4, -0.2) is 26.0 Å². The molecular weight excluding hydrogens is 398 g/mol. The highest BCUT2D eigenvalue weighted by atomic mass is 32.2. The van der Waals surface area contributed by atoms with Crippen molar-refractivity contribution < 1.29 is 22.4 Å². The van der Waals surface area contributed by atoms with E-state index in [2.05, 4.69) is 15.5 Å². The average molecular weight is 411 g/mol. The number of thioether (sulfide) groups is 1. The van der Waals surface area contributed by atoms with E-state index in [1.165, 1.54) is 25.1 Å². The number of rotatable bonds is 5. The van der Waals surface area contributed by atoms with Gasteiger partial charge in [-0.3, -0.25) is 4.79 Å². The molecule has 2 aromatic carbocycles. The molecule has 6 nitrogen and oxygen atoms in total. The highest BCUT2D eigenvalue weighted by Gasteiger charge is 2.23. The van der Waals surface area contributed by atoms with Crippen LogP contribution in [0.15, 0.2) is 41.6 Å². The van der Waals surface area contributed by atoms with E-state index in [0.29, 0.717) is 6.07 Å². The lowest BCUT2D eigenvalue weighted by atomic mass is 10.2. The van der Waals surface area contributed by atoms with E-state index >= 15 is 0 Å². The topological polar surface area (TPSA) is 85.8 Å². The van der Waals surface area contributed by atoms with Gasteiger partial charge in [0, 0.05) is 0 Å². The predicted molar refractivity (Wildman–Crippen MR) is 95.8 cm³/mol. The second-order valence-electron chi connectivity index (χ2n) is 5.63. The van der Waals surface area contributed by atoms with Crippen LogP contribution >= 0.6 is 11.8 Å². The first-order valence-electron chi connectivity index (χ1n) is 7.86. The molecule has 0 aliphatic rings. The Morgan fingerprint density at radius 1 is 1.07 bits per heavy atom. The van der Waals surface area contributed by atoms with Crippen LogP contribution in [0.3, 0.4) is 0 Å². The van der Waals surface area contributed by atoms with Gasteiger partial charge in [0.05, 0.1) is 16.5 Å². The molecule has 0 aliphatic carbocycles. The van der Waals surface area contributed by atoms with Crippen LogP contribution in [0.2, 0.25) is 0 Å². The molecule has 1 aromatic heterocycles. The van der Waals surface area contributed by atoms with Crippen LogP contribution in [0.1, 0.15) is 6.92 Å². The number of hydrogen-bond acceptors (Lipinski definition) is 5. The minimum atomic E-state index is -1.69. The molecule has 1 atom stereocenters. The van der Waals surface area contributed by atoms with Crippen molar-refractivity contribution in [2.45, 2.75) is 17.3 Å². The summed E-state index contributed by atoms with van der Waals surface area (Å²) in [5.41, 5.74) is -0.372. The Morgan fingerprint density at radius 3 is 2.50 bits per heavy atom. The van der Waals surface area contributed by atoms with Gasteiger partial charge in [-0.15, -0.1) is 10.2 Å². The second kappa shape index (κ2) is 7.89. The van der Waals surface area contributed by atoms with Crippen molar-refractivity contribution >= 4 is 23.4 Å². The molecule has 3 N–H and O–H groups in total. The van der Waals surface area contributed by atoms with Gasteiger partial charge in [-0.25, -0.2) is 22.2 Å². The minimum Gasteiger partial charge on any atom is -0.335 e. The fourth-order valence-corrected chi connectivity index (χ4v) is 3.02. The molecule has 146 valence electrons. The molecule has 0 spiro atoms. The number of anilines is 1. The number of hydrogen-bond donors (Lipinski definition) is 2. The normalized spacial score (nSPS) is 12.0. The Balaban J connectivity index is 1.75. The summed E-state index contributed by atoms with van der Waals surface area (Å²) in [4.78, 5) is 12.2. The molecular formula is C17H13F4N5OS. The van der Waals surface area contributed by atoms with Gasteiger partial charge in [-0.2, -0.15) is 0 Å². The van der Waals surface area contributed by atoms with Crippen LogP contribution in [0.25, 0.3) is 11.4 Å². The van der Waals surface area contributed by atoms with Gasteiger partial charge in [0.15, 0.2) is 23.3 Å². The van der Waals surface area contributed by atoms with Gasteiger partial charge >= 0.3 is 0 Å². The Morgan fingerprint density at radius 2 is 1.79 bits per heavy atom. The molecule has 1 amide bonds. The number of carbonyl (C=O) groups excluding carboxylic acids is 1. The molecule has 0 bridgehead atoms. The maximum Gasteiger partial charge on any atom is 0.237 e. The fraction of sp³-hybridized carbons (Fsp3) is 0.118. The van der Waals surface area contributed by atoms with Gasteiger partial charge in [0.1, 0.15) is 5.82 Å². The van der Waals surface area contributed by atoms with Crippen molar-refractivity contribution in [3.05, 3.63) is 59.7 Å². The lowest BCUT2D eigenvalue weighted by Crippen LogP contribution is -2.24. The number of aromatic nitrogens is 3. The maximum atomic E-state index is 13.9. The van der Waals surface area contributed by atoms with E-state index in [0.717, 1.165) is 22.5 Å². The third kappa shape index (κ3) is 3.79. The van der Waals surface area contributed by atoms with Crippen LogP contribution in [0, 0.1) is 23.3 Å². The molecule has 3 aromatic rings. The number of nitrogen functional groups attached to an aromatic ring is 1. The molecule has 0 saturated carbocycles. The number of carbonyl (C=O) groups is 1. The first kappa shape index (κ1) is 19.7. The van der Waals surface area contributed by atoms with Crippen molar-refractivity contribution in [1.82, 2.24) is 14.9 Å². The lowest BCUT2D eigenvalue weighted by molar-refractivity contribution is -0.115. The predicted octanol–water partition coefficient (Wildman–Crippen LogP) is 3.33. The smallest absolute Gasteiger partial charge is 0.237 e. The average Bonchev–Trinajstić information content (AvgIpc) is 3.02. The third-order valence-electron chi connectivity index (χ3n) is 3.72. The van der Waals surface area contributed by atoms with E-state index in [4.69, 9.17) is 5.84 Å². The summed E-state index contributed by atoms with van der Waals surface area (Å²) in [7, 11) is 0. The lowest BCUT2D eigenvalue weighted by Gasteiger charge is -2.12. The molecule has 1 unspecified atom stereocenters. The Bertz CT molecular complexity index is 1040. The standard InChI is InChI=1S/C17H13F4N5OS/c1-8(16(27)23-12-7-6-11(19)13(20)14(12)21)28-17-25-24-15(26(17)22)9-4-2-3-5-10(9)18/h2-8H,22H2,1H3,(H,23,27). The fourth-order valence-electron chi connectivity index (χ4n) is 2.25. The Labute approximate surface area is 160 Å². The zero-order valence-corrected chi connectivity index (χ0v) is 15.1. The Hall–Kier alpha value is -3.08. The van der Waals surface area contributed by atoms with E-state index in [1.54, 1.807) is 6.07 Å². The van der Waals surface area contributed by atoms with Gasteiger partial charge in [-0.1, -0.05) is 23.9 Å². The first-order chi connectivity index (χ1) is 13.3. The quantitative estimate of drug-likeness (QED) is 0.291. The molecule has 0 radical (unpaired) electrons. The van der Waals surface area contributed by atoms with Crippen LogP contribution < -0.4 is 11.2 Å². The first-order valence-corrected chi connectivity index (χ1v) is 8.74. The SMILES string of the molecule is CC(Sc1nnc(-c2ccccc2F)n1N)C(=O)Nc1ccc(F)c(F)c1F. The molecule has 28 heavy (non-hydrogen) atoms. The largest absolute Gasteiger partial charge is 0.335 e. The van der Waals surface area contributed by atoms with Gasteiger partial charge in [0.2, 0.25) is 11.1 Å². The molecule has 0 aliphatic heterocycles. The van der Waals surface area contributed by atoms with Crippen molar-refractivity contribution in [2.75, 3.05) is 11.2 Å². The summed E-state index contributed by atoms with van der Waals surface area (Å²) in [5.74, 6) is 0.138. The van der Waals surface area contributed by atoms with Crippen molar-refractivity contribution in [3.63, 3.8) is 0 Å². The van der Waals surface area contributed by atoms with Crippen LogP contribution in [0.5, 0.6) is 0 Å². The van der Waals surface area contributed by atoms with Crippen molar-refractivity contribution in [1.29, 1.82) is 0 Å². The number of halogens is 4. The van der Waals surface area contributed by atoms with Crippen LogP contribution in [-0.2, 0) is 4.79 Å². The number of nitrogens with two attached hydrogens (primary N) is 1. The number of benzene rings is 2. The zero-order valence-electron chi connectivity index (χ0n) is 14.3. The van der Waals surface area contributed by atoms with E-state index in [-0.39, 0.29) is 16.5 Å². The van der Waals surface area contributed by atoms with Gasteiger partial charge in [0.25, 0.3) is 0 Å². The van der Waals surface area contributed by atoms with E-state index < -0.39 is 40.1 Å². The molecule has 1 heterocycles. The summed E-state index contributed by atoms with van der Waals surface area (Å²) in [6, 6.07) is 7.43. The number of nitrogens with zero attached hydrogens (tertiary/aromatic N) is 3. The summed E-state index contributed by atoms with van der Waals surface area (Å²) >= 11 is 0.872. The van der Waals surface area contributed by atoms with E-state index in [1.807, 2.05) is 0 Å². The second-order valence-corrected chi connectivity index (χ2v) is 6.94. The third-order valence-corrected chi connectivity index (χ3v) is 4.78. The number of nitrogens with one attached hydrogen (secondary N) is 1. The van der Waals surface area contributed by atoms with Gasteiger partial charge in [-0.05, 0) is 31.2 Å². The summed E-state index contributed by atoms with van der Waals surface area (Å²) in [6.07, 6.45) is 0. The number of amides is 1. The molecule has 3 rings (SSSR count). The maximum absolute atomic E-state index is 13.9. The summed E-state index contributed by atoms with van der Waals surface area (Å²) < 4.78 is 54.8. The minimum absolute atomic E-state index is 0.0554. The summed E-state index contributed by atoms with van der Waals surface area (Å²) in [5, 5.41) is 9.06.